The number of carbonyl (C=O) groups excluding carboxylic acids is 1. The summed E-state index contributed by atoms with van der Waals surface area (Å²) in [6.07, 6.45) is -6.49. The van der Waals surface area contributed by atoms with E-state index in [9.17, 15) is 26.7 Å². The van der Waals surface area contributed by atoms with Gasteiger partial charge in [-0.1, -0.05) is 6.07 Å². The normalized spacial score (nSPS) is 19.6. The van der Waals surface area contributed by atoms with E-state index < -0.39 is 30.0 Å². The second-order valence-electron chi connectivity index (χ2n) is 6.98. The molecule has 0 aliphatic heterocycles. The summed E-state index contributed by atoms with van der Waals surface area (Å²) in [5.74, 6) is -3.53. The van der Waals surface area contributed by atoms with Crippen LogP contribution in [-0.4, -0.2) is 40.7 Å². The zero-order valence-electron chi connectivity index (χ0n) is 15.1. The summed E-state index contributed by atoms with van der Waals surface area (Å²) in [6, 6.07) is 5.20. The second kappa shape index (κ2) is 7.65. The van der Waals surface area contributed by atoms with Crippen LogP contribution in [0, 0.1) is 5.92 Å². The van der Waals surface area contributed by atoms with Gasteiger partial charge in [0.2, 0.25) is 5.91 Å². The molecule has 2 unspecified atom stereocenters. The molecule has 0 bridgehead atoms. The summed E-state index contributed by atoms with van der Waals surface area (Å²) in [7, 11) is 0. The van der Waals surface area contributed by atoms with Crippen molar-refractivity contribution in [1.29, 1.82) is 0 Å². The third-order valence-corrected chi connectivity index (χ3v) is 4.64. The number of imidazole rings is 1. The summed E-state index contributed by atoms with van der Waals surface area (Å²) >= 11 is 0. The number of nitrogens with one attached hydrogen (secondary N) is 2. The Balaban J connectivity index is 1.50. The molecule has 1 aromatic heterocycles. The van der Waals surface area contributed by atoms with Gasteiger partial charge in [0.15, 0.2) is 6.10 Å². The van der Waals surface area contributed by atoms with Crippen molar-refractivity contribution in [3.8, 4) is 0 Å². The fourth-order valence-corrected chi connectivity index (χ4v) is 2.75. The molecule has 1 heterocycles. The number of carbonyl (C=O) groups is 1. The van der Waals surface area contributed by atoms with Gasteiger partial charge in [-0.15, -0.1) is 0 Å². The van der Waals surface area contributed by atoms with Gasteiger partial charge in [-0.3, -0.25) is 4.79 Å². The van der Waals surface area contributed by atoms with E-state index in [-0.39, 0.29) is 32.4 Å². The SMILES string of the molecule is CC(OCCc1nc2ccc(CNC(=O)CC3CC3(F)F)cc2[nH]1)C(F)(F)F. The van der Waals surface area contributed by atoms with Gasteiger partial charge in [0.25, 0.3) is 5.92 Å². The molecule has 5 nitrogen and oxygen atoms in total. The van der Waals surface area contributed by atoms with Crippen LogP contribution in [-0.2, 0) is 22.5 Å². The Kier molecular flexibility index (Phi) is 5.60. The molecule has 2 aromatic rings. The molecular formula is C18H20F5N3O2. The van der Waals surface area contributed by atoms with Crippen LogP contribution in [0.15, 0.2) is 18.2 Å². The average molecular weight is 405 g/mol. The van der Waals surface area contributed by atoms with Crippen LogP contribution in [0.4, 0.5) is 22.0 Å². The molecule has 0 spiro atoms. The van der Waals surface area contributed by atoms with Crippen molar-refractivity contribution in [2.45, 2.75) is 50.9 Å². The summed E-state index contributed by atoms with van der Waals surface area (Å²) in [5, 5.41) is 2.61. The van der Waals surface area contributed by atoms with Gasteiger partial charge < -0.3 is 15.0 Å². The van der Waals surface area contributed by atoms with Crippen LogP contribution < -0.4 is 5.32 Å². The topological polar surface area (TPSA) is 67.0 Å². The van der Waals surface area contributed by atoms with Gasteiger partial charge in [0, 0.05) is 31.7 Å². The Bertz CT molecular complexity index is 849. The fourth-order valence-electron chi connectivity index (χ4n) is 2.75. The number of ether oxygens (including phenoxy) is 1. The van der Waals surface area contributed by atoms with Crippen LogP contribution in [0.5, 0.6) is 0 Å². The van der Waals surface area contributed by atoms with Crippen molar-refractivity contribution in [1.82, 2.24) is 15.3 Å². The third kappa shape index (κ3) is 5.18. The predicted molar refractivity (Wildman–Crippen MR) is 90.8 cm³/mol. The molecular weight excluding hydrogens is 385 g/mol. The number of aromatic amines is 1. The molecule has 3 rings (SSSR count). The van der Waals surface area contributed by atoms with Crippen molar-refractivity contribution < 1.29 is 31.5 Å². The predicted octanol–water partition coefficient (Wildman–Crippen LogP) is 3.73. The molecule has 0 radical (unpaired) electrons. The maximum absolute atomic E-state index is 12.8. The standard InChI is InChI=1S/C18H20F5N3O2/c1-10(18(21,22)23)28-5-4-15-25-13-3-2-11(6-14(13)26-15)9-24-16(27)7-12-8-17(12,19)20/h2-3,6,10,12H,4-5,7-9H2,1H3,(H,24,27)(H,25,26). The second-order valence-corrected chi connectivity index (χ2v) is 6.98. The quantitative estimate of drug-likeness (QED) is 0.658. The minimum atomic E-state index is -4.40. The van der Waals surface area contributed by atoms with Crippen LogP contribution in [0.3, 0.4) is 0 Å². The van der Waals surface area contributed by atoms with Gasteiger partial charge in [-0.2, -0.15) is 13.2 Å². The largest absolute Gasteiger partial charge is 0.414 e. The van der Waals surface area contributed by atoms with E-state index in [2.05, 4.69) is 15.3 Å². The molecule has 1 aliphatic carbocycles. The molecule has 154 valence electrons. The molecule has 1 saturated carbocycles. The zero-order chi connectivity index (χ0) is 20.5. The maximum Gasteiger partial charge on any atom is 0.414 e. The number of aromatic nitrogens is 2. The van der Waals surface area contributed by atoms with E-state index in [1.54, 1.807) is 18.2 Å². The minimum Gasteiger partial charge on any atom is -0.369 e. The molecule has 1 fully saturated rings. The van der Waals surface area contributed by atoms with Crippen molar-refractivity contribution in [2.24, 2.45) is 5.92 Å². The van der Waals surface area contributed by atoms with Gasteiger partial charge in [-0.05, 0) is 24.6 Å². The highest BCUT2D eigenvalue weighted by Crippen LogP contribution is 2.50. The molecule has 10 heteroatoms. The van der Waals surface area contributed by atoms with E-state index in [1.807, 2.05) is 0 Å². The third-order valence-electron chi connectivity index (χ3n) is 4.64. The molecule has 2 atom stereocenters. The lowest BCUT2D eigenvalue weighted by molar-refractivity contribution is -0.213. The summed E-state index contributed by atoms with van der Waals surface area (Å²) < 4.78 is 67.7. The number of fused-ring (bicyclic) bond motifs is 1. The lowest BCUT2D eigenvalue weighted by Crippen LogP contribution is -2.29. The molecule has 1 aliphatic rings. The Morgan fingerprint density at radius 3 is 2.79 bits per heavy atom. The summed E-state index contributed by atoms with van der Waals surface area (Å²) in [5.41, 5.74) is 2.05. The van der Waals surface area contributed by atoms with Crippen molar-refractivity contribution in [3.63, 3.8) is 0 Å². The van der Waals surface area contributed by atoms with Crippen LogP contribution in [0.2, 0.25) is 0 Å². The molecule has 1 amide bonds. The van der Waals surface area contributed by atoms with Crippen LogP contribution in [0.25, 0.3) is 11.0 Å². The molecule has 2 N–H and O–H groups in total. The van der Waals surface area contributed by atoms with E-state index >= 15 is 0 Å². The van der Waals surface area contributed by atoms with Gasteiger partial charge in [0.05, 0.1) is 17.6 Å². The Hall–Kier alpha value is -2.23. The number of hydrogen-bond acceptors (Lipinski definition) is 3. The first-order valence-electron chi connectivity index (χ1n) is 8.85. The maximum atomic E-state index is 12.8. The number of hydrogen-bond donors (Lipinski definition) is 2. The number of halogens is 5. The van der Waals surface area contributed by atoms with Crippen LogP contribution in [0.1, 0.15) is 31.2 Å². The monoisotopic (exact) mass is 405 g/mol. The van der Waals surface area contributed by atoms with Gasteiger partial charge >= 0.3 is 6.18 Å². The number of amides is 1. The van der Waals surface area contributed by atoms with E-state index in [0.717, 1.165) is 12.5 Å². The Morgan fingerprint density at radius 2 is 2.14 bits per heavy atom. The molecule has 28 heavy (non-hydrogen) atoms. The lowest BCUT2D eigenvalue weighted by atomic mass is 10.2. The molecule has 1 aromatic carbocycles. The smallest absolute Gasteiger partial charge is 0.369 e. The van der Waals surface area contributed by atoms with E-state index in [1.165, 1.54) is 0 Å². The number of H-pyrrole nitrogens is 1. The highest BCUT2D eigenvalue weighted by Gasteiger charge is 2.57. The van der Waals surface area contributed by atoms with E-state index in [0.29, 0.717) is 16.9 Å². The number of alkyl halides is 5. The van der Waals surface area contributed by atoms with Crippen molar-refractivity contribution >= 4 is 16.9 Å². The van der Waals surface area contributed by atoms with Crippen molar-refractivity contribution in [2.75, 3.05) is 6.61 Å². The average Bonchev–Trinajstić information content (AvgIpc) is 3.01. The zero-order valence-corrected chi connectivity index (χ0v) is 15.1. The first-order chi connectivity index (χ1) is 13.0. The summed E-state index contributed by atoms with van der Waals surface area (Å²) in [4.78, 5) is 19.0. The van der Waals surface area contributed by atoms with E-state index in [4.69, 9.17) is 4.74 Å². The van der Waals surface area contributed by atoms with Gasteiger partial charge in [0.1, 0.15) is 5.82 Å². The minimum absolute atomic E-state index is 0.130. The van der Waals surface area contributed by atoms with Crippen molar-refractivity contribution in [3.05, 3.63) is 29.6 Å². The Morgan fingerprint density at radius 1 is 1.43 bits per heavy atom. The van der Waals surface area contributed by atoms with Gasteiger partial charge in [-0.25, -0.2) is 13.8 Å². The number of nitrogens with zero attached hydrogens (tertiary/aromatic N) is 1. The lowest BCUT2D eigenvalue weighted by Gasteiger charge is -2.15. The van der Waals surface area contributed by atoms with Crippen LogP contribution >= 0.6 is 0 Å². The Labute approximate surface area is 157 Å². The fraction of sp³-hybridized carbons (Fsp3) is 0.556. The number of rotatable bonds is 8. The first kappa shape index (κ1) is 20.5. The summed E-state index contributed by atoms with van der Waals surface area (Å²) in [6.45, 7) is 1.01. The first-order valence-corrected chi connectivity index (χ1v) is 8.85. The highest BCUT2D eigenvalue weighted by molar-refractivity contribution is 5.78. The number of benzene rings is 1. The molecule has 0 saturated heterocycles. The highest BCUT2D eigenvalue weighted by atomic mass is 19.4.